The zero-order chi connectivity index (χ0) is 19.9. The van der Waals surface area contributed by atoms with Crippen LogP contribution in [0.4, 0.5) is 0 Å². The molecular formula is C20H23N3O5. The number of benzene rings is 1. The molecule has 0 spiro atoms. The monoisotopic (exact) mass is 385 g/mol. The molecular weight excluding hydrogens is 362 g/mol. The largest absolute Gasteiger partial charge is 0.497 e. The Bertz CT molecular complexity index is 920. The van der Waals surface area contributed by atoms with Gasteiger partial charge in [0.25, 0.3) is 5.79 Å². The molecule has 1 aliphatic carbocycles. The van der Waals surface area contributed by atoms with Crippen molar-refractivity contribution in [3.8, 4) is 5.75 Å². The maximum absolute atomic E-state index is 12.2. The fourth-order valence-corrected chi connectivity index (χ4v) is 4.05. The van der Waals surface area contributed by atoms with E-state index in [4.69, 9.17) is 14.3 Å². The molecule has 3 atom stereocenters. The van der Waals surface area contributed by atoms with E-state index in [1.54, 1.807) is 20.2 Å². The van der Waals surface area contributed by atoms with Crippen LogP contribution in [0.1, 0.15) is 30.7 Å². The van der Waals surface area contributed by atoms with Crippen LogP contribution in [0.2, 0.25) is 0 Å². The summed E-state index contributed by atoms with van der Waals surface area (Å²) < 4.78 is 12.1. The van der Waals surface area contributed by atoms with Gasteiger partial charge in [0.1, 0.15) is 5.75 Å². The van der Waals surface area contributed by atoms with E-state index in [2.05, 4.69) is 10.3 Å². The third-order valence-corrected chi connectivity index (χ3v) is 5.39. The van der Waals surface area contributed by atoms with Crippen molar-refractivity contribution >= 4 is 11.7 Å². The summed E-state index contributed by atoms with van der Waals surface area (Å²) in [6, 6.07) is 7.75. The fraction of sp³-hybridized carbons (Fsp3) is 0.450. The number of hydrogen-bond acceptors (Lipinski definition) is 7. The second-order valence-corrected chi connectivity index (χ2v) is 7.15. The van der Waals surface area contributed by atoms with Gasteiger partial charge in [-0.05, 0) is 37.0 Å². The molecule has 2 unspecified atom stereocenters. The molecule has 8 heteroatoms. The van der Waals surface area contributed by atoms with Crippen LogP contribution in [-0.2, 0) is 33.1 Å². The minimum absolute atomic E-state index is 0.0746. The molecule has 0 bridgehead atoms. The molecule has 4 rings (SSSR count). The van der Waals surface area contributed by atoms with Gasteiger partial charge in [-0.2, -0.15) is 5.10 Å². The highest BCUT2D eigenvalue weighted by molar-refractivity contribution is 6.37. The molecule has 2 aliphatic rings. The lowest BCUT2D eigenvalue weighted by Gasteiger charge is -2.36. The van der Waals surface area contributed by atoms with Gasteiger partial charge >= 0.3 is 5.97 Å². The number of methoxy groups -OCH3 is 1. The molecule has 0 saturated carbocycles. The van der Waals surface area contributed by atoms with Crippen LogP contribution in [0, 0.1) is 11.8 Å². The quantitative estimate of drug-likeness (QED) is 0.789. The minimum Gasteiger partial charge on any atom is -0.497 e. The van der Waals surface area contributed by atoms with Crippen molar-refractivity contribution < 1.29 is 24.2 Å². The van der Waals surface area contributed by atoms with Gasteiger partial charge in [-0.25, -0.2) is 4.79 Å². The van der Waals surface area contributed by atoms with Crippen LogP contribution < -0.4 is 4.74 Å². The van der Waals surface area contributed by atoms with Gasteiger partial charge in [0.2, 0.25) is 0 Å². The number of aliphatic hydroxyl groups is 1. The molecule has 1 aromatic carbocycles. The first kappa shape index (κ1) is 18.5. The summed E-state index contributed by atoms with van der Waals surface area (Å²) in [6.07, 6.45) is 2.24. The Morgan fingerprint density at radius 1 is 1.39 bits per heavy atom. The smallest absolute Gasteiger partial charge is 0.356 e. The van der Waals surface area contributed by atoms with E-state index >= 15 is 0 Å². The Morgan fingerprint density at radius 2 is 2.14 bits per heavy atom. The topological polar surface area (TPSA) is 95.2 Å². The van der Waals surface area contributed by atoms with E-state index in [9.17, 15) is 9.90 Å². The molecule has 8 nitrogen and oxygen atoms in total. The SMILES string of the molecule is CCOC(=O)C1=NOC2(O)c3cnn(Cc4ccc(OC)cc4)c3C[C@H](C)C12. The zero-order valence-corrected chi connectivity index (χ0v) is 16.1. The Balaban J connectivity index is 1.63. The van der Waals surface area contributed by atoms with Crippen LogP contribution >= 0.6 is 0 Å². The number of hydrogen-bond donors (Lipinski definition) is 1. The standard InChI is InChI=1S/C20H23N3O5/c1-4-27-19(24)18-17-12(2)9-16-15(20(17,25)28-22-18)10-21-23(16)11-13-5-7-14(26-3)8-6-13/h5-8,10,12,17,25H,4,9,11H2,1-3H3/t12-,17?,20?/m0/s1. The normalized spacial score (nSPS) is 25.4. The van der Waals surface area contributed by atoms with E-state index in [0.29, 0.717) is 18.5 Å². The van der Waals surface area contributed by atoms with Crippen molar-refractivity contribution in [3.63, 3.8) is 0 Å². The Morgan fingerprint density at radius 3 is 2.82 bits per heavy atom. The number of carbonyl (C=O) groups is 1. The maximum Gasteiger partial charge on any atom is 0.356 e. The molecule has 0 saturated heterocycles. The highest BCUT2D eigenvalue weighted by Gasteiger charge is 2.58. The number of fused-ring (bicyclic) bond motifs is 3. The van der Waals surface area contributed by atoms with Crippen molar-refractivity contribution in [2.75, 3.05) is 13.7 Å². The molecule has 1 aromatic heterocycles. The fourth-order valence-electron chi connectivity index (χ4n) is 4.05. The number of esters is 1. The lowest BCUT2D eigenvalue weighted by molar-refractivity contribution is -0.229. The first-order chi connectivity index (χ1) is 13.5. The maximum atomic E-state index is 12.2. The third kappa shape index (κ3) is 2.84. The van der Waals surface area contributed by atoms with Crippen molar-refractivity contribution in [1.29, 1.82) is 0 Å². The number of nitrogens with zero attached hydrogens (tertiary/aromatic N) is 3. The number of rotatable bonds is 5. The highest BCUT2D eigenvalue weighted by atomic mass is 16.7. The Hall–Kier alpha value is -2.87. The van der Waals surface area contributed by atoms with Gasteiger partial charge in [0.15, 0.2) is 5.71 Å². The molecule has 2 heterocycles. The summed E-state index contributed by atoms with van der Waals surface area (Å²) in [7, 11) is 1.63. The van der Waals surface area contributed by atoms with Gasteiger partial charge in [-0.3, -0.25) is 4.68 Å². The summed E-state index contributed by atoms with van der Waals surface area (Å²) >= 11 is 0. The number of ether oxygens (including phenoxy) is 2. The number of aromatic nitrogens is 2. The molecule has 2 aromatic rings. The predicted octanol–water partition coefficient (Wildman–Crippen LogP) is 1.84. The summed E-state index contributed by atoms with van der Waals surface area (Å²) in [6.45, 7) is 4.49. The van der Waals surface area contributed by atoms with E-state index in [1.165, 1.54) is 0 Å². The molecule has 1 aliphatic heterocycles. The van der Waals surface area contributed by atoms with Gasteiger partial charge < -0.3 is 19.4 Å². The third-order valence-electron chi connectivity index (χ3n) is 5.39. The predicted molar refractivity (Wildman–Crippen MR) is 99.7 cm³/mol. The van der Waals surface area contributed by atoms with Gasteiger partial charge in [0.05, 0.1) is 37.9 Å². The minimum atomic E-state index is -1.70. The van der Waals surface area contributed by atoms with Crippen molar-refractivity contribution in [3.05, 3.63) is 47.3 Å². The number of carbonyl (C=O) groups excluding carboxylic acids is 1. The summed E-state index contributed by atoms with van der Waals surface area (Å²) in [4.78, 5) is 17.6. The van der Waals surface area contributed by atoms with Crippen LogP contribution in [0.25, 0.3) is 0 Å². The molecule has 0 radical (unpaired) electrons. The van der Waals surface area contributed by atoms with E-state index < -0.39 is 17.7 Å². The van der Waals surface area contributed by atoms with Crippen molar-refractivity contribution in [1.82, 2.24) is 9.78 Å². The van der Waals surface area contributed by atoms with Gasteiger partial charge in [-0.15, -0.1) is 0 Å². The van der Waals surface area contributed by atoms with Crippen molar-refractivity contribution in [2.45, 2.75) is 32.6 Å². The molecule has 28 heavy (non-hydrogen) atoms. The van der Waals surface area contributed by atoms with Crippen LogP contribution in [-0.4, -0.2) is 40.3 Å². The summed E-state index contributed by atoms with van der Waals surface area (Å²) in [5.41, 5.74) is 2.62. The van der Waals surface area contributed by atoms with E-state index in [1.807, 2.05) is 35.9 Å². The van der Waals surface area contributed by atoms with Crippen LogP contribution in [0.15, 0.2) is 35.6 Å². The van der Waals surface area contributed by atoms with E-state index in [-0.39, 0.29) is 18.2 Å². The molecule has 0 fully saturated rings. The highest BCUT2D eigenvalue weighted by Crippen LogP contribution is 2.47. The average molecular weight is 385 g/mol. The molecule has 0 amide bonds. The van der Waals surface area contributed by atoms with Crippen LogP contribution in [0.5, 0.6) is 5.75 Å². The van der Waals surface area contributed by atoms with Crippen LogP contribution in [0.3, 0.4) is 0 Å². The summed E-state index contributed by atoms with van der Waals surface area (Å²) in [5, 5.41) is 19.6. The summed E-state index contributed by atoms with van der Waals surface area (Å²) in [5.74, 6) is -2.12. The molecule has 148 valence electrons. The second-order valence-electron chi connectivity index (χ2n) is 7.15. The first-order valence-corrected chi connectivity index (χ1v) is 9.31. The van der Waals surface area contributed by atoms with Gasteiger partial charge in [0, 0.05) is 5.69 Å². The number of oxime groups is 1. The van der Waals surface area contributed by atoms with Crippen molar-refractivity contribution in [2.24, 2.45) is 17.0 Å². The average Bonchev–Trinajstić information content (AvgIpc) is 3.25. The first-order valence-electron chi connectivity index (χ1n) is 9.31. The van der Waals surface area contributed by atoms with E-state index in [0.717, 1.165) is 17.0 Å². The Kier molecular flexibility index (Phi) is 4.58. The zero-order valence-electron chi connectivity index (χ0n) is 16.1. The Labute approximate surface area is 162 Å². The lowest BCUT2D eigenvalue weighted by Crippen LogP contribution is -2.46. The lowest BCUT2D eigenvalue weighted by atomic mass is 9.73. The molecule has 1 N–H and O–H groups in total. The second kappa shape index (κ2) is 6.94. The van der Waals surface area contributed by atoms with Gasteiger partial charge in [-0.1, -0.05) is 24.2 Å².